The Bertz CT molecular complexity index is 918. The van der Waals surface area contributed by atoms with Gasteiger partial charge in [-0.05, 0) is 24.6 Å². The van der Waals surface area contributed by atoms with Gasteiger partial charge in [0.25, 0.3) is 10.8 Å². The number of nitrogens with zero attached hydrogens (tertiary/aromatic N) is 4. The van der Waals surface area contributed by atoms with Gasteiger partial charge in [-0.1, -0.05) is 16.3 Å². The number of halogens is 2. The molecular formula is C16H17F2N4S+. The lowest BCUT2D eigenvalue weighted by molar-refractivity contribution is -0.656. The van der Waals surface area contributed by atoms with E-state index >= 15 is 0 Å². The molecule has 120 valence electrons. The van der Waals surface area contributed by atoms with Crippen molar-refractivity contribution in [2.24, 2.45) is 7.05 Å². The zero-order valence-electron chi connectivity index (χ0n) is 13.6. The predicted octanol–water partition coefficient (Wildman–Crippen LogP) is 3.14. The number of fused-ring (bicyclic) bond motifs is 1. The van der Waals surface area contributed by atoms with Crippen molar-refractivity contribution in [1.29, 1.82) is 0 Å². The molecule has 0 amide bonds. The van der Waals surface area contributed by atoms with Crippen molar-refractivity contribution < 1.29 is 13.3 Å². The molecule has 0 aliphatic rings. The number of anilines is 1. The third-order valence-corrected chi connectivity index (χ3v) is 4.99. The van der Waals surface area contributed by atoms with Crippen molar-refractivity contribution in [3.8, 4) is 11.3 Å². The van der Waals surface area contributed by atoms with Crippen LogP contribution in [-0.4, -0.2) is 24.1 Å². The lowest BCUT2D eigenvalue weighted by atomic mass is 10.1. The van der Waals surface area contributed by atoms with E-state index in [0.717, 1.165) is 9.83 Å². The molecule has 23 heavy (non-hydrogen) atoms. The topological polar surface area (TPSA) is 32.9 Å². The molecule has 0 unspecified atom stereocenters. The van der Waals surface area contributed by atoms with Gasteiger partial charge < -0.3 is 4.90 Å². The molecule has 2 aromatic heterocycles. The molecule has 3 rings (SSSR count). The van der Waals surface area contributed by atoms with Crippen LogP contribution in [0.25, 0.3) is 21.6 Å². The average molecular weight is 335 g/mol. The second-order valence-corrected chi connectivity index (χ2v) is 6.67. The molecule has 0 bridgehead atoms. The highest BCUT2D eigenvalue weighted by atomic mass is 32.1. The second kappa shape index (κ2) is 5.49. The first-order valence-electron chi connectivity index (χ1n) is 7.10. The van der Waals surface area contributed by atoms with Crippen LogP contribution in [0.3, 0.4) is 0 Å². The molecule has 0 saturated heterocycles. The van der Waals surface area contributed by atoms with Crippen LogP contribution in [0.2, 0.25) is 0 Å². The Balaban J connectivity index is 2.38. The Morgan fingerprint density at radius 1 is 1.09 bits per heavy atom. The highest BCUT2D eigenvalue weighted by Crippen LogP contribution is 2.35. The van der Waals surface area contributed by atoms with Crippen molar-refractivity contribution in [2.75, 3.05) is 19.0 Å². The fourth-order valence-corrected chi connectivity index (χ4v) is 3.35. The normalized spacial score (nSPS) is 11.3. The molecular weight excluding hydrogens is 318 g/mol. The summed E-state index contributed by atoms with van der Waals surface area (Å²) in [6.45, 7) is 3.36. The number of benzene rings is 1. The van der Waals surface area contributed by atoms with Gasteiger partial charge in [0.2, 0.25) is 5.82 Å². The largest absolute Gasteiger partial charge is 0.340 e. The molecule has 0 saturated carbocycles. The summed E-state index contributed by atoms with van der Waals surface area (Å²) in [5.74, 6) is -0.242. The van der Waals surface area contributed by atoms with Crippen LogP contribution >= 0.6 is 11.3 Å². The van der Waals surface area contributed by atoms with Gasteiger partial charge in [-0.2, -0.15) is 0 Å². The highest BCUT2D eigenvalue weighted by molar-refractivity contribution is 7.22. The minimum absolute atomic E-state index is 0.163. The van der Waals surface area contributed by atoms with E-state index in [0.29, 0.717) is 17.2 Å². The number of aryl methyl sites for hydroxylation is 3. The first-order valence-corrected chi connectivity index (χ1v) is 7.91. The smallest absolute Gasteiger partial charge is 0.287 e. The number of hydrogen-bond acceptors (Lipinski definition) is 4. The molecule has 0 aliphatic heterocycles. The van der Waals surface area contributed by atoms with Gasteiger partial charge in [0.05, 0.1) is 12.6 Å². The molecule has 0 fully saturated rings. The van der Waals surface area contributed by atoms with Gasteiger partial charge in [0.15, 0.2) is 10.4 Å². The van der Waals surface area contributed by atoms with Crippen LogP contribution in [0.4, 0.5) is 13.9 Å². The van der Waals surface area contributed by atoms with Crippen molar-refractivity contribution in [3.63, 3.8) is 0 Å². The molecule has 0 radical (unpaired) electrons. The number of aromatic nitrogens is 3. The van der Waals surface area contributed by atoms with Crippen molar-refractivity contribution in [1.82, 2.24) is 9.97 Å². The Labute approximate surface area is 137 Å². The maximum Gasteiger partial charge on any atom is 0.287 e. The zero-order chi connectivity index (χ0) is 16.9. The van der Waals surface area contributed by atoms with E-state index in [1.807, 2.05) is 37.5 Å². The van der Waals surface area contributed by atoms with Crippen LogP contribution in [0.15, 0.2) is 12.1 Å². The quantitative estimate of drug-likeness (QED) is 0.675. The number of thiazole rings is 1. The molecule has 0 aliphatic carbocycles. The van der Waals surface area contributed by atoms with Crippen LogP contribution in [0.5, 0.6) is 0 Å². The van der Waals surface area contributed by atoms with Crippen LogP contribution < -0.4 is 9.47 Å². The third kappa shape index (κ3) is 2.55. The highest BCUT2D eigenvalue weighted by Gasteiger charge is 2.25. The van der Waals surface area contributed by atoms with Crippen molar-refractivity contribution in [2.45, 2.75) is 13.8 Å². The molecule has 3 aromatic rings. The van der Waals surface area contributed by atoms with E-state index in [-0.39, 0.29) is 11.1 Å². The van der Waals surface area contributed by atoms with E-state index in [2.05, 4.69) is 9.97 Å². The van der Waals surface area contributed by atoms with Gasteiger partial charge >= 0.3 is 0 Å². The molecule has 0 N–H and O–H groups in total. The maximum absolute atomic E-state index is 14.4. The first-order chi connectivity index (χ1) is 10.8. The standard InChI is InChI=1S/C16H17F2N4S/c1-8-6-12(18)10(7-11(8)17)13-14-15(22(5)9(2)19-13)20-16(23-14)21(3)4/h6-7H,1-5H3/q+1. The van der Waals surface area contributed by atoms with E-state index in [4.69, 9.17) is 0 Å². The van der Waals surface area contributed by atoms with Gasteiger partial charge in [-0.3, -0.25) is 0 Å². The molecule has 0 spiro atoms. The number of hydrogen-bond donors (Lipinski definition) is 0. The van der Waals surface area contributed by atoms with Crippen LogP contribution in [-0.2, 0) is 7.05 Å². The third-order valence-electron chi connectivity index (χ3n) is 3.78. The molecule has 2 heterocycles. The van der Waals surface area contributed by atoms with E-state index in [1.54, 1.807) is 0 Å². The molecule has 1 aromatic carbocycles. The second-order valence-electron chi connectivity index (χ2n) is 5.69. The summed E-state index contributed by atoms with van der Waals surface area (Å²) < 4.78 is 30.9. The Hall–Kier alpha value is -2.15. The lowest BCUT2D eigenvalue weighted by Gasteiger charge is -2.05. The first kappa shape index (κ1) is 15.7. The summed E-state index contributed by atoms with van der Waals surface area (Å²) in [4.78, 5) is 10.9. The summed E-state index contributed by atoms with van der Waals surface area (Å²) in [7, 11) is 5.65. The SMILES string of the molecule is Cc1cc(F)c(-c2nc(C)[n+](C)c3nc(N(C)C)sc23)cc1F. The fraction of sp³-hybridized carbons (Fsp3) is 0.312. The van der Waals surface area contributed by atoms with Crippen molar-refractivity contribution >= 4 is 26.8 Å². The van der Waals surface area contributed by atoms with Gasteiger partial charge in [0.1, 0.15) is 11.6 Å². The fourth-order valence-electron chi connectivity index (χ4n) is 2.33. The Kier molecular flexibility index (Phi) is 3.75. The summed E-state index contributed by atoms with van der Waals surface area (Å²) in [5.41, 5.74) is 1.58. The summed E-state index contributed by atoms with van der Waals surface area (Å²) >= 11 is 1.41. The zero-order valence-corrected chi connectivity index (χ0v) is 14.4. The predicted molar refractivity (Wildman–Crippen MR) is 87.7 cm³/mol. The van der Waals surface area contributed by atoms with Crippen LogP contribution in [0.1, 0.15) is 11.4 Å². The summed E-state index contributed by atoms with van der Waals surface area (Å²) in [6.07, 6.45) is 0. The molecule has 7 heteroatoms. The van der Waals surface area contributed by atoms with Crippen molar-refractivity contribution in [3.05, 3.63) is 35.2 Å². The van der Waals surface area contributed by atoms with E-state index < -0.39 is 11.6 Å². The summed E-state index contributed by atoms with van der Waals surface area (Å²) in [5, 5.41) is 0.789. The van der Waals surface area contributed by atoms with Gasteiger partial charge in [0, 0.05) is 21.0 Å². The maximum atomic E-state index is 14.4. The number of rotatable bonds is 2. The lowest BCUT2D eigenvalue weighted by Crippen LogP contribution is -2.34. The van der Waals surface area contributed by atoms with E-state index in [1.165, 1.54) is 30.4 Å². The van der Waals surface area contributed by atoms with Gasteiger partial charge in [-0.15, -0.1) is 4.98 Å². The minimum atomic E-state index is -0.481. The average Bonchev–Trinajstić information content (AvgIpc) is 2.93. The van der Waals surface area contributed by atoms with Crippen LogP contribution in [0, 0.1) is 25.5 Å². The monoisotopic (exact) mass is 335 g/mol. The Morgan fingerprint density at radius 2 is 1.78 bits per heavy atom. The summed E-state index contributed by atoms with van der Waals surface area (Å²) in [6, 6.07) is 2.41. The Morgan fingerprint density at radius 3 is 2.43 bits per heavy atom. The molecule has 0 atom stereocenters. The minimum Gasteiger partial charge on any atom is -0.340 e. The molecule has 4 nitrogen and oxygen atoms in total. The van der Waals surface area contributed by atoms with E-state index in [9.17, 15) is 8.78 Å². The van der Waals surface area contributed by atoms with Gasteiger partial charge in [-0.25, -0.2) is 13.3 Å².